The molecular formula is C12H11ClO4. The molecule has 0 fully saturated rings. The standard InChI is InChI=1S/C12H11ClO4/c1-6-5-9(15)11(7(2)12(6)13)8(14)3-4-10(16)17/h3-5,15H,1-2H3,(H,16,17)/b4-3+. The molecule has 0 atom stereocenters. The van der Waals surface area contributed by atoms with Crippen molar-refractivity contribution in [2.24, 2.45) is 0 Å². The number of allylic oxidation sites excluding steroid dienone is 1. The van der Waals surface area contributed by atoms with Crippen molar-refractivity contribution in [2.75, 3.05) is 0 Å². The van der Waals surface area contributed by atoms with Crippen molar-refractivity contribution < 1.29 is 19.8 Å². The molecule has 0 bridgehead atoms. The van der Waals surface area contributed by atoms with Crippen LogP contribution in [0.2, 0.25) is 5.02 Å². The molecule has 0 amide bonds. The summed E-state index contributed by atoms with van der Waals surface area (Å²) in [6.07, 6.45) is 1.60. The number of aromatic hydroxyl groups is 1. The van der Waals surface area contributed by atoms with Crippen molar-refractivity contribution in [2.45, 2.75) is 13.8 Å². The predicted molar refractivity (Wildman–Crippen MR) is 63.7 cm³/mol. The van der Waals surface area contributed by atoms with E-state index in [0.717, 1.165) is 12.2 Å². The number of carboxylic acids is 1. The van der Waals surface area contributed by atoms with Gasteiger partial charge in [-0.05, 0) is 37.1 Å². The minimum absolute atomic E-state index is 0.0260. The maximum atomic E-state index is 11.7. The van der Waals surface area contributed by atoms with Crippen LogP contribution in [0, 0.1) is 13.8 Å². The zero-order valence-corrected chi connectivity index (χ0v) is 10.1. The molecular weight excluding hydrogens is 244 g/mol. The van der Waals surface area contributed by atoms with Gasteiger partial charge in [-0.3, -0.25) is 4.79 Å². The summed E-state index contributed by atoms with van der Waals surface area (Å²) in [4.78, 5) is 22.0. The van der Waals surface area contributed by atoms with Gasteiger partial charge >= 0.3 is 5.97 Å². The van der Waals surface area contributed by atoms with Gasteiger partial charge in [-0.15, -0.1) is 0 Å². The molecule has 0 saturated carbocycles. The summed E-state index contributed by atoms with van der Waals surface area (Å²) in [5.41, 5.74) is 1.11. The van der Waals surface area contributed by atoms with Gasteiger partial charge in [0.25, 0.3) is 0 Å². The maximum absolute atomic E-state index is 11.7. The lowest BCUT2D eigenvalue weighted by molar-refractivity contribution is -0.131. The van der Waals surface area contributed by atoms with Gasteiger partial charge in [-0.1, -0.05) is 11.6 Å². The summed E-state index contributed by atoms with van der Waals surface area (Å²) < 4.78 is 0. The zero-order chi connectivity index (χ0) is 13.2. The van der Waals surface area contributed by atoms with E-state index in [0.29, 0.717) is 16.1 Å². The molecule has 90 valence electrons. The molecule has 0 spiro atoms. The average Bonchev–Trinajstić information content (AvgIpc) is 2.23. The molecule has 0 aliphatic carbocycles. The third-order valence-electron chi connectivity index (χ3n) is 2.28. The number of phenols is 1. The molecule has 0 saturated heterocycles. The summed E-state index contributed by atoms with van der Waals surface area (Å²) in [5.74, 6) is -2.03. The largest absolute Gasteiger partial charge is 0.507 e. The van der Waals surface area contributed by atoms with E-state index in [9.17, 15) is 14.7 Å². The van der Waals surface area contributed by atoms with Crippen LogP contribution >= 0.6 is 11.6 Å². The first-order valence-electron chi connectivity index (χ1n) is 4.78. The smallest absolute Gasteiger partial charge is 0.328 e. The van der Waals surface area contributed by atoms with Gasteiger partial charge in [0.2, 0.25) is 0 Å². The molecule has 2 N–H and O–H groups in total. The first-order chi connectivity index (χ1) is 7.84. The number of benzene rings is 1. The first kappa shape index (κ1) is 13.3. The quantitative estimate of drug-likeness (QED) is 0.642. The van der Waals surface area contributed by atoms with Gasteiger partial charge in [0.15, 0.2) is 5.78 Å². The van der Waals surface area contributed by atoms with Crippen molar-refractivity contribution in [3.63, 3.8) is 0 Å². The number of aliphatic carboxylic acids is 1. The van der Waals surface area contributed by atoms with Crippen LogP contribution in [-0.2, 0) is 4.79 Å². The van der Waals surface area contributed by atoms with Crippen molar-refractivity contribution in [1.82, 2.24) is 0 Å². The van der Waals surface area contributed by atoms with Crippen LogP contribution in [0.15, 0.2) is 18.2 Å². The first-order valence-corrected chi connectivity index (χ1v) is 5.16. The van der Waals surface area contributed by atoms with E-state index < -0.39 is 11.8 Å². The van der Waals surface area contributed by atoms with Gasteiger partial charge in [-0.2, -0.15) is 0 Å². The number of ketones is 1. The van der Waals surface area contributed by atoms with Gasteiger partial charge in [-0.25, -0.2) is 4.79 Å². The van der Waals surface area contributed by atoms with Crippen LogP contribution in [-0.4, -0.2) is 22.0 Å². The Balaban J connectivity index is 3.28. The lowest BCUT2D eigenvalue weighted by Crippen LogP contribution is -2.01. The summed E-state index contributed by atoms with van der Waals surface area (Å²) in [7, 11) is 0. The number of halogens is 1. The van der Waals surface area contributed by atoms with Gasteiger partial charge in [0, 0.05) is 11.1 Å². The monoisotopic (exact) mass is 254 g/mol. The van der Waals surface area contributed by atoms with E-state index in [1.54, 1.807) is 13.8 Å². The van der Waals surface area contributed by atoms with Crippen molar-refractivity contribution in [1.29, 1.82) is 0 Å². The molecule has 0 heterocycles. The van der Waals surface area contributed by atoms with Crippen LogP contribution in [0.4, 0.5) is 0 Å². The number of aryl methyl sites for hydroxylation is 1. The van der Waals surface area contributed by atoms with Crippen LogP contribution in [0.25, 0.3) is 0 Å². The van der Waals surface area contributed by atoms with Gasteiger partial charge < -0.3 is 10.2 Å². The minimum Gasteiger partial charge on any atom is -0.507 e. The average molecular weight is 255 g/mol. The third-order valence-corrected chi connectivity index (χ3v) is 2.87. The van der Waals surface area contributed by atoms with Crippen LogP contribution < -0.4 is 0 Å². The molecule has 17 heavy (non-hydrogen) atoms. The molecule has 1 aromatic rings. The lowest BCUT2D eigenvalue weighted by atomic mass is 10.0. The predicted octanol–water partition coefficient (Wildman–Crippen LogP) is 2.49. The third kappa shape index (κ3) is 2.85. The Morgan fingerprint density at radius 3 is 2.41 bits per heavy atom. The zero-order valence-electron chi connectivity index (χ0n) is 9.32. The fraction of sp³-hybridized carbons (Fsp3) is 0.167. The Labute approximate surface area is 103 Å². The van der Waals surface area contributed by atoms with Gasteiger partial charge in [0.05, 0.1) is 5.56 Å². The van der Waals surface area contributed by atoms with E-state index >= 15 is 0 Å². The van der Waals surface area contributed by atoms with E-state index in [-0.39, 0.29) is 11.3 Å². The highest BCUT2D eigenvalue weighted by atomic mass is 35.5. The highest BCUT2D eigenvalue weighted by molar-refractivity contribution is 6.33. The Kier molecular flexibility index (Phi) is 3.91. The Hall–Kier alpha value is -1.81. The second-order valence-electron chi connectivity index (χ2n) is 3.56. The van der Waals surface area contributed by atoms with Crippen molar-refractivity contribution >= 4 is 23.4 Å². The minimum atomic E-state index is -1.23. The second-order valence-corrected chi connectivity index (χ2v) is 3.94. The summed E-state index contributed by atoms with van der Waals surface area (Å²) in [6, 6.07) is 1.37. The summed E-state index contributed by atoms with van der Waals surface area (Å²) >= 11 is 5.96. The van der Waals surface area contributed by atoms with Crippen LogP contribution in [0.1, 0.15) is 21.5 Å². The number of carbonyl (C=O) groups is 2. The normalized spacial score (nSPS) is 10.8. The van der Waals surface area contributed by atoms with Gasteiger partial charge in [0.1, 0.15) is 5.75 Å². The SMILES string of the molecule is Cc1cc(O)c(C(=O)/C=C/C(=O)O)c(C)c1Cl. The number of carbonyl (C=O) groups excluding carboxylic acids is 1. The molecule has 4 nitrogen and oxygen atoms in total. The van der Waals surface area contributed by atoms with E-state index in [2.05, 4.69) is 0 Å². The fourth-order valence-electron chi connectivity index (χ4n) is 1.48. The van der Waals surface area contributed by atoms with Crippen molar-refractivity contribution in [3.8, 4) is 5.75 Å². The molecule has 0 aliphatic rings. The molecule has 0 radical (unpaired) electrons. The van der Waals surface area contributed by atoms with E-state index in [4.69, 9.17) is 16.7 Å². The number of carboxylic acid groups (broad SMARTS) is 1. The highest BCUT2D eigenvalue weighted by Gasteiger charge is 2.16. The number of hydrogen-bond donors (Lipinski definition) is 2. The Bertz CT molecular complexity index is 518. The summed E-state index contributed by atoms with van der Waals surface area (Å²) in [6.45, 7) is 3.30. The number of hydrogen-bond acceptors (Lipinski definition) is 3. The van der Waals surface area contributed by atoms with E-state index in [1.165, 1.54) is 6.07 Å². The fourth-order valence-corrected chi connectivity index (χ4v) is 1.63. The van der Waals surface area contributed by atoms with Crippen LogP contribution in [0.3, 0.4) is 0 Å². The molecule has 0 unspecified atom stereocenters. The van der Waals surface area contributed by atoms with Crippen molar-refractivity contribution in [3.05, 3.63) is 39.9 Å². The molecule has 5 heteroatoms. The summed E-state index contributed by atoms with van der Waals surface area (Å²) in [5, 5.41) is 18.5. The maximum Gasteiger partial charge on any atom is 0.328 e. The lowest BCUT2D eigenvalue weighted by Gasteiger charge is -2.09. The molecule has 0 aliphatic heterocycles. The highest BCUT2D eigenvalue weighted by Crippen LogP contribution is 2.31. The second kappa shape index (κ2) is 5.01. The van der Waals surface area contributed by atoms with E-state index in [1.807, 2.05) is 0 Å². The molecule has 0 aromatic heterocycles. The number of rotatable bonds is 3. The number of phenolic OH excluding ortho intramolecular Hbond substituents is 1. The Morgan fingerprint density at radius 2 is 1.88 bits per heavy atom. The molecule has 1 rings (SSSR count). The Morgan fingerprint density at radius 1 is 1.29 bits per heavy atom. The van der Waals surface area contributed by atoms with Crippen LogP contribution in [0.5, 0.6) is 5.75 Å². The molecule has 1 aromatic carbocycles. The topological polar surface area (TPSA) is 74.6 Å².